The summed E-state index contributed by atoms with van der Waals surface area (Å²) in [6.07, 6.45) is 2.91. The van der Waals surface area contributed by atoms with Gasteiger partial charge < -0.3 is 9.84 Å². The Bertz CT molecular complexity index is 1050. The minimum absolute atomic E-state index is 0.250. The summed E-state index contributed by atoms with van der Waals surface area (Å²) in [7, 11) is 0. The monoisotopic (exact) mass is 347 g/mol. The predicted molar refractivity (Wildman–Crippen MR) is 95.2 cm³/mol. The number of nitrogens with zero attached hydrogens (tertiary/aromatic N) is 4. The van der Waals surface area contributed by atoms with Gasteiger partial charge in [-0.25, -0.2) is 14.4 Å². The maximum Gasteiger partial charge on any atom is 0.263 e. The van der Waals surface area contributed by atoms with Crippen LogP contribution in [0.15, 0.2) is 65.6 Å². The predicted octanol–water partition coefficient (Wildman–Crippen LogP) is 4.38. The highest BCUT2D eigenvalue weighted by molar-refractivity contribution is 5.73. The van der Waals surface area contributed by atoms with E-state index in [-0.39, 0.29) is 11.7 Å². The van der Waals surface area contributed by atoms with Gasteiger partial charge in [0, 0.05) is 11.8 Å². The molecule has 0 radical (unpaired) electrons. The summed E-state index contributed by atoms with van der Waals surface area (Å²) in [5.74, 6) is 0.715. The average Bonchev–Trinajstić information content (AvgIpc) is 3.15. The van der Waals surface area contributed by atoms with E-state index in [0.717, 1.165) is 11.1 Å². The van der Waals surface area contributed by atoms with Crippen LogP contribution in [0.5, 0.6) is 0 Å². The lowest BCUT2D eigenvalue weighted by Crippen LogP contribution is -1.99. The lowest BCUT2D eigenvalue weighted by Gasteiger charge is -2.09. The summed E-state index contributed by atoms with van der Waals surface area (Å²) in [5, 5.41) is 6.96. The second-order valence-corrected chi connectivity index (χ2v) is 5.68. The second kappa shape index (κ2) is 6.72. The van der Waals surface area contributed by atoms with Gasteiger partial charge >= 0.3 is 0 Å². The van der Waals surface area contributed by atoms with Gasteiger partial charge in [0.15, 0.2) is 0 Å². The van der Waals surface area contributed by atoms with Crippen LogP contribution < -0.4 is 5.32 Å². The molecule has 0 aliphatic heterocycles. The first kappa shape index (κ1) is 15.9. The van der Waals surface area contributed by atoms with E-state index in [4.69, 9.17) is 4.52 Å². The molecule has 0 atom stereocenters. The third-order valence-electron chi connectivity index (χ3n) is 3.78. The number of aryl methyl sites for hydroxylation is 1. The molecule has 0 spiro atoms. The number of aromatic nitrogens is 4. The van der Waals surface area contributed by atoms with Gasteiger partial charge in [-0.1, -0.05) is 41.6 Å². The molecule has 0 fully saturated rings. The van der Waals surface area contributed by atoms with Gasteiger partial charge in [-0.05, 0) is 24.6 Å². The van der Waals surface area contributed by atoms with Crippen LogP contribution in [0.3, 0.4) is 0 Å². The quantitative estimate of drug-likeness (QED) is 0.590. The van der Waals surface area contributed by atoms with Crippen molar-refractivity contribution < 1.29 is 8.91 Å². The molecule has 0 aliphatic carbocycles. The lowest BCUT2D eigenvalue weighted by atomic mass is 10.2. The van der Waals surface area contributed by atoms with Gasteiger partial charge in [0.05, 0.1) is 5.69 Å². The van der Waals surface area contributed by atoms with Crippen molar-refractivity contribution in [2.45, 2.75) is 6.92 Å². The number of hydrogen-bond donors (Lipinski definition) is 1. The van der Waals surface area contributed by atoms with Gasteiger partial charge in [0.2, 0.25) is 5.82 Å². The van der Waals surface area contributed by atoms with Crippen molar-refractivity contribution in [1.29, 1.82) is 0 Å². The maximum atomic E-state index is 14.1. The van der Waals surface area contributed by atoms with Gasteiger partial charge in [0.1, 0.15) is 23.5 Å². The van der Waals surface area contributed by atoms with Gasteiger partial charge in [-0.2, -0.15) is 4.98 Å². The molecule has 0 aliphatic rings. The van der Waals surface area contributed by atoms with E-state index in [0.29, 0.717) is 22.9 Å². The number of halogens is 1. The smallest absolute Gasteiger partial charge is 0.263 e. The SMILES string of the molecule is Cc1ccc(Nc2ncncc2-c2nc(-c3ccccc3)no2)c(F)c1. The van der Waals surface area contributed by atoms with Crippen molar-refractivity contribution in [3.8, 4) is 22.8 Å². The molecule has 2 aromatic carbocycles. The molecular formula is C19H14FN5O. The molecular weight excluding hydrogens is 333 g/mol. The Hall–Kier alpha value is -3.61. The van der Waals surface area contributed by atoms with E-state index in [1.54, 1.807) is 12.3 Å². The van der Waals surface area contributed by atoms with E-state index in [1.165, 1.54) is 12.4 Å². The molecule has 2 heterocycles. The van der Waals surface area contributed by atoms with Gasteiger partial charge in [-0.3, -0.25) is 0 Å². The standard InChI is InChI=1S/C19H14FN5O/c1-12-7-8-16(15(20)9-12)23-18-14(10-21-11-22-18)19-24-17(25-26-19)13-5-3-2-4-6-13/h2-11H,1H3,(H,21,22,23). The van der Waals surface area contributed by atoms with Crippen molar-refractivity contribution in [2.75, 3.05) is 5.32 Å². The van der Waals surface area contributed by atoms with Crippen molar-refractivity contribution in [3.63, 3.8) is 0 Å². The zero-order valence-corrected chi connectivity index (χ0v) is 13.8. The van der Waals surface area contributed by atoms with Crippen LogP contribution in [0, 0.1) is 12.7 Å². The highest BCUT2D eigenvalue weighted by Crippen LogP contribution is 2.29. The minimum Gasteiger partial charge on any atom is -0.337 e. The van der Waals surface area contributed by atoms with Crippen LogP contribution in [0.1, 0.15) is 5.56 Å². The fraction of sp³-hybridized carbons (Fsp3) is 0.0526. The Morgan fingerprint density at radius 1 is 1.08 bits per heavy atom. The Labute approximate surface area is 148 Å². The van der Waals surface area contributed by atoms with Crippen LogP contribution in [-0.4, -0.2) is 20.1 Å². The van der Waals surface area contributed by atoms with E-state index >= 15 is 0 Å². The van der Waals surface area contributed by atoms with Crippen LogP contribution >= 0.6 is 0 Å². The summed E-state index contributed by atoms with van der Waals surface area (Å²) in [6, 6.07) is 14.4. The highest BCUT2D eigenvalue weighted by atomic mass is 19.1. The zero-order chi connectivity index (χ0) is 17.9. The summed E-state index contributed by atoms with van der Waals surface area (Å²) < 4.78 is 19.5. The first-order valence-corrected chi connectivity index (χ1v) is 7.93. The summed E-state index contributed by atoms with van der Waals surface area (Å²) in [5.41, 5.74) is 2.46. The second-order valence-electron chi connectivity index (χ2n) is 5.68. The van der Waals surface area contributed by atoms with E-state index in [1.807, 2.05) is 43.3 Å². The molecule has 4 rings (SSSR count). The topological polar surface area (TPSA) is 76.7 Å². The Morgan fingerprint density at radius 2 is 1.92 bits per heavy atom. The molecule has 4 aromatic rings. The minimum atomic E-state index is -0.370. The van der Waals surface area contributed by atoms with Crippen molar-refractivity contribution >= 4 is 11.5 Å². The molecule has 128 valence electrons. The van der Waals surface area contributed by atoms with Crippen LogP contribution in [0.25, 0.3) is 22.8 Å². The van der Waals surface area contributed by atoms with Crippen molar-refractivity contribution in [2.24, 2.45) is 0 Å². The highest BCUT2D eigenvalue weighted by Gasteiger charge is 2.16. The molecule has 0 unspecified atom stereocenters. The van der Waals surface area contributed by atoms with E-state index < -0.39 is 0 Å². The van der Waals surface area contributed by atoms with E-state index in [9.17, 15) is 4.39 Å². The molecule has 0 bridgehead atoms. The lowest BCUT2D eigenvalue weighted by molar-refractivity contribution is 0.432. The average molecular weight is 347 g/mol. The van der Waals surface area contributed by atoms with Crippen LogP contribution in [0.2, 0.25) is 0 Å². The van der Waals surface area contributed by atoms with Gasteiger partial charge in [0.25, 0.3) is 5.89 Å². The number of rotatable bonds is 4. The Morgan fingerprint density at radius 3 is 2.73 bits per heavy atom. The number of anilines is 2. The molecule has 2 aromatic heterocycles. The van der Waals surface area contributed by atoms with Crippen LogP contribution in [-0.2, 0) is 0 Å². The van der Waals surface area contributed by atoms with Crippen LogP contribution in [0.4, 0.5) is 15.9 Å². The molecule has 0 saturated heterocycles. The molecule has 1 N–H and O–H groups in total. The molecule has 7 heteroatoms. The van der Waals surface area contributed by atoms with E-state index in [2.05, 4.69) is 25.4 Å². The normalized spacial score (nSPS) is 10.7. The Kier molecular flexibility index (Phi) is 4.10. The largest absolute Gasteiger partial charge is 0.337 e. The third kappa shape index (κ3) is 3.14. The summed E-state index contributed by atoms with van der Waals surface area (Å²) in [6.45, 7) is 1.83. The fourth-order valence-electron chi connectivity index (χ4n) is 2.47. The van der Waals surface area contributed by atoms with Crippen molar-refractivity contribution in [1.82, 2.24) is 20.1 Å². The van der Waals surface area contributed by atoms with Gasteiger partial charge in [-0.15, -0.1) is 0 Å². The third-order valence-corrected chi connectivity index (χ3v) is 3.78. The molecule has 26 heavy (non-hydrogen) atoms. The zero-order valence-electron chi connectivity index (χ0n) is 13.8. The first-order chi connectivity index (χ1) is 12.7. The van der Waals surface area contributed by atoms with Crippen molar-refractivity contribution in [3.05, 3.63) is 72.4 Å². The maximum absolute atomic E-state index is 14.1. The summed E-state index contributed by atoms with van der Waals surface area (Å²) >= 11 is 0. The number of hydrogen-bond acceptors (Lipinski definition) is 6. The fourth-order valence-corrected chi connectivity index (χ4v) is 2.47. The summed E-state index contributed by atoms with van der Waals surface area (Å²) in [4.78, 5) is 12.6. The number of benzene rings is 2. The molecule has 0 saturated carbocycles. The first-order valence-electron chi connectivity index (χ1n) is 7.93. The molecule has 6 nitrogen and oxygen atoms in total. The molecule has 0 amide bonds. The number of nitrogens with one attached hydrogen (secondary N) is 1. The Balaban J connectivity index is 1.69.